The average molecular weight is 373 g/mol. The molecule has 2 saturated carbocycles. The van der Waals surface area contributed by atoms with Gasteiger partial charge < -0.3 is 18.9 Å². The molecule has 1 saturated heterocycles. The molecule has 1 aromatic rings. The second-order valence-corrected chi connectivity index (χ2v) is 8.43. The van der Waals surface area contributed by atoms with Gasteiger partial charge >= 0.3 is 0 Å². The van der Waals surface area contributed by atoms with E-state index in [1.165, 1.54) is 18.4 Å². The highest BCUT2D eigenvalue weighted by Gasteiger charge is 2.53. The molecular weight excluding hydrogens is 342 g/mol. The van der Waals surface area contributed by atoms with Crippen LogP contribution in [0.15, 0.2) is 30.5 Å². The van der Waals surface area contributed by atoms with E-state index in [1.54, 1.807) is 13.3 Å². The van der Waals surface area contributed by atoms with Crippen LogP contribution in [-0.4, -0.2) is 38.2 Å². The molecule has 0 amide bonds. The maximum Gasteiger partial charge on any atom is 0.216 e. The molecule has 4 rings (SSSR count). The Bertz CT molecular complexity index is 678. The predicted octanol–water partition coefficient (Wildman–Crippen LogP) is 4.23. The molecule has 2 heterocycles. The van der Waals surface area contributed by atoms with Crippen LogP contribution in [-0.2, 0) is 9.47 Å². The normalized spacial score (nSPS) is 35.9. The van der Waals surface area contributed by atoms with Crippen molar-refractivity contribution in [3.05, 3.63) is 30.5 Å². The number of allylic oxidation sites excluding steroid dienone is 1. The molecule has 0 aromatic carbocycles. The molecule has 1 aromatic heterocycles. The Balaban J connectivity index is 1.43. The lowest BCUT2D eigenvalue weighted by Crippen LogP contribution is -2.54. The minimum atomic E-state index is 0.264. The summed E-state index contributed by atoms with van der Waals surface area (Å²) in [5.74, 6) is 3.05. The van der Waals surface area contributed by atoms with E-state index >= 15 is 0 Å². The van der Waals surface area contributed by atoms with E-state index in [0.717, 1.165) is 31.6 Å². The molecule has 0 N–H and O–H groups in total. The highest BCUT2D eigenvalue weighted by atomic mass is 16.7. The largest absolute Gasteiger partial charge is 0.493 e. The van der Waals surface area contributed by atoms with Crippen molar-refractivity contribution < 1.29 is 18.9 Å². The lowest BCUT2D eigenvalue weighted by atomic mass is 9.50. The van der Waals surface area contributed by atoms with E-state index in [1.807, 2.05) is 12.1 Å². The summed E-state index contributed by atoms with van der Waals surface area (Å²) in [6.45, 7) is 8.89. The van der Waals surface area contributed by atoms with Crippen LogP contribution < -0.4 is 9.47 Å². The van der Waals surface area contributed by atoms with E-state index in [-0.39, 0.29) is 5.41 Å². The summed E-state index contributed by atoms with van der Waals surface area (Å²) in [6, 6.07) is 3.72. The zero-order chi connectivity index (χ0) is 18.9. The number of fused-ring (bicyclic) bond motifs is 3. The number of hydrogen-bond acceptors (Lipinski definition) is 5. The van der Waals surface area contributed by atoms with E-state index in [4.69, 9.17) is 18.9 Å². The summed E-state index contributed by atoms with van der Waals surface area (Å²) in [5, 5.41) is 0. The first kappa shape index (κ1) is 18.8. The van der Waals surface area contributed by atoms with Crippen LogP contribution in [0.1, 0.15) is 39.0 Å². The van der Waals surface area contributed by atoms with Gasteiger partial charge in [0.1, 0.15) is 12.5 Å². The molecule has 27 heavy (non-hydrogen) atoms. The smallest absolute Gasteiger partial charge is 0.216 e. The Morgan fingerprint density at radius 1 is 1.37 bits per heavy atom. The number of aromatic nitrogens is 1. The molecule has 1 aliphatic heterocycles. The predicted molar refractivity (Wildman–Crippen MR) is 103 cm³/mol. The molecule has 0 spiro atoms. The highest BCUT2D eigenvalue weighted by Crippen LogP contribution is 2.58. The van der Waals surface area contributed by atoms with Crippen molar-refractivity contribution in [2.24, 2.45) is 23.2 Å². The van der Waals surface area contributed by atoms with Gasteiger partial charge in [-0.05, 0) is 55.4 Å². The molecule has 5 nitrogen and oxygen atoms in total. The third-order valence-electron chi connectivity index (χ3n) is 7.14. The van der Waals surface area contributed by atoms with Crippen molar-refractivity contribution in [1.29, 1.82) is 0 Å². The van der Waals surface area contributed by atoms with Crippen LogP contribution in [0.2, 0.25) is 0 Å². The van der Waals surface area contributed by atoms with Gasteiger partial charge in [-0.3, -0.25) is 0 Å². The van der Waals surface area contributed by atoms with Crippen molar-refractivity contribution in [2.75, 3.05) is 27.1 Å². The lowest BCUT2D eigenvalue weighted by molar-refractivity contribution is -0.218. The van der Waals surface area contributed by atoms with Crippen molar-refractivity contribution in [1.82, 2.24) is 4.98 Å². The van der Waals surface area contributed by atoms with Crippen molar-refractivity contribution >= 4 is 0 Å². The first-order valence-corrected chi connectivity index (χ1v) is 10.1. The molecular formula is C22H31NO4. The molecule has 2 aliphatic carbocycles. The van der Waals surface area contributed by atoms with E-state index in [2.05, 4.69) is 18.5 Å². The van der Waals surface area contributed by atoms with Gasteiger partial charge in [-0.2, -0.15) is 0 Å². The Labute approximate surface area is 162 Å². The monoisotopic (exact) mass is 373 g/mol. The van der Waals surface area contributed by atoms with Crippen LogP contribution in [0, 0.1) is 23.2 Å². The van der Waals surface area contributed by atoms with Gasteiger partial charge in [0.25, 0.3) is 0 Å². The van der Waals surface area contributed by atoms with Crippen LogP contribution in [0.5, 0.6) is 11.6 Å². The molecule has 0 bridgehead atoms. The molecule has 3 aliphatic rings. The topological polar surface area (TPSA) is 49.8 Å². The minimum Gasteiger partial charge on any atom is -0.493 e. The fourth-order valence-electron chi connectivity index (χ4n) is 5.73. The molecule has 0 radical (unpaired) electrons. The summed E-state index contributed by atoms with van der Waals surface area (Å²) in [7, 11) is 1.62. The second kappa shape index (κ2) is 7.80. The zero-order valence-electron chi connectivity index (χ0n) is 16.5. The highest BCUT2D eigenvalue weighted by molar-refractivity contribution is 5.26. The van der Waals surface area contributed by atoms with E-state index in [9.17, 15) is 0 Å². The van der Waals surface area contributed by atoms with Gasteiger partial charge in [-0.1, -0.05) is 19.1 Å². The molecule has 3 fully saturated rings. The van der Waals surface area contributed by atoms with E-state index in [0.29, 0.717) is 43.1 Å². The number of hydrogen-bond donors (Lipinski definition) is 0. The first-order valence-electron chi connectivity index (χ1n) is 10.1. The average Bonchev–Trinajstić information content (AvgIpc) is 2.70. The van der Waals surface area contributed by atoms with Gasteiger partial charge in [0, 0.05) is 18.2 Å². The standard InChI is InChI=1S/C22H31NO4/c1-15-4-5-19-17-13-25-14-27-20(17)6-9-22(19,2)18(15)8-11-26-16-7-10-23-21(12-16)24-3/h7,10,12,17-20H,1,4-6,8-9,11,13-14H2,2-3H3. The summed E-state index contributed by atoms with van der Waals surface area (Å²) >= 11 is 0. The lowest BCUT2D eigenvalue weighted by Gasteiger charge is -2.57. The quantitative estimate of drug-likeness (QED) is 0.723. The summed E-state index contributed by atoms with van der Waals surface area (Å²) in [4.78, 5) is 4.13. The van der Waals surface area contributed by atoms with Gasteiger partial charge in [-0.15, -0.1) is 0 Å². The van der Waals surface area contributed by atoms with Crippen molar-refractivity contribution in [2.45, 2.75) is 45.1 Å². The first-order chi connectivity index (χ1) is 13.1. The molecule has 5 heteroatoms. The number of pyridine rings is 1. The summed E-state index contributed by atoms with van der Waals surface area (Å²) in [6.07, 6.45) is 7.74. The van der Waals surface area contributed by atoms with Crippen LogP contribution in [0.4, 0.5) is 0 Å². The summed E-state index contributed by atoms with van der Waals surface area (Å²) < 4.78 is 22.8. The Morgan fingerprint density at radius 2 is 2.26 bits per heavy atom. The number of nitrogens with zero attached hydrogens (tertiary/aromatic N) is 1. The number of ether oxygens (including phenoxy) is 4. The van der Waals surface area contributed by atoms with Gasteiger partial charge in [0.2, 0.25) is 5.88 Å². The molecule has 5 atom stereocenters. The third-order valence-corrected chi connectivity index (χ3v) is 7.14. The molecule has 148 valence electrons. The Hall–Kier alpha value is -1.59. The van der Waals surface area contributed by atoms with Gasteiger partial charge in [0.15, 0.2) is 0 Å². The van der Waals surface area contributed by atoms with Crippen molar-refractivity contribution in [3.63, 3.8) is 0 Å². The second-order valence-electron chi connectivity index (χ2n) is 8.43. The number of methoxy groups -OCH3 is 1. The number of rotatable bonds is 5. The van der Waals surface area contributed by atoms with Crippen LogP contribution >= 0.6 is 0 Å². The fraction of sp³-hybridized carbons (Fsp3) is 0.682. The van der Waals surface area contributed by atoms with Gasteiger partial charge in [0.05, 0.1) is 26.4 Å². The summed E-state index contributed by atoms with van der Waals surface area (Å²) in [5.41, 5.74) is 1.65. The Kier molecular flexibility index (Phi) is 5.42. The van der Waals surface area contributed by atoms with Crippen LogP contribution in [0.25, 0.3) is 0 Å². The Morgan fingerprint density at radius 3 is 3.11 bits per heavy atom. The molecule has 5 unspecified atom stereocenters. The maximum atomic E-state index is 6.02. The van der Waals surface area contributed by atoms with Gasteiger partial charge in [-0.25, -0.2) is 4.98 Å². The zero-order valence-corrected chi connectivity index (χ0v) is 16.5. The van der Waals surface area contributed by atoms with Crippen LogP contribution in [0.3, 0.4) is 0 Å². The third kappa shape index (κ3) is 3.59. The van der Waals surface area contributed by atoms with E-state index < -0.39 is 0 Å². The SMILES string of the molecule is C=C1CCC2C3COCOC3CCC2(C)C1CCOc1ccnc(OC)c1. The maximum absolute atomic E-state index is 6.02. The minimum absolute atomic E-state index is 0.264. The van der Waals surface area contributed by atoms with Crippen molar-refractivity contribution in [3.8, 4) is 11.6 Å². The fourth-order valence-corrected chi connectivity index (χ4v) is 5.73.